The number of para-hydroxylation sites is 1. The molecule has 0 unspecified atom stereocenters. The average Bonchev–Trinajstić information content (AvgIpc) is 3.19. The molecule has 0 radical (unpaired) electrons. The van der Waals surface area contributed by atoms with Gasteiger partial charge in [0.25, 0.3) is 5.91 Å². The highest BCUT2D eigenvalue weighted by molar-refractivity contribution is 5.80. The molecule has 1 heterocycles. The lowest BCUT2D eigenvalue weighted by atomic mass is 10.1. The Hall–Kier alpha value is -2.33. The van der Waals surface area contributed by atoms with Gasteiger partial charge in [-0.15, -0.1) is 0 Å². The number of nitrogens with one attached hydrogen (secondary N) is 1. The number of aryl methyl sites for hydroxylation is 1. The Balaban J connectivity index is 1.52. The first-order valence-electron chi connectivity index (χ1n) is 9.98. The zero-order chi connectivity index (χ0) is 19.1. The van der Waals surface area contributed by atoms with Gasteiger partial charge >= 0.3 is 0 Å². The number of hydrogen-bond donors (Lipinski definition) is 1. The lowest BCUT2D eigenvalue weighted by Crippen LogP contribution is -2.36. The molecule has 1 aliphatic heterocycles. The molecule has 2 aromatic rings. The van der Waals surface area contributed by atoms with Gasteiger partial charge in [-0.3, -0.25) is 9.69 Å². The predicted octanol–water partition coefficient (Wildman–Crippen LogP) is 3.93. The Morgan fingerprint density at radius 2 is 1.85 bits per heavy atom. The highest BCUT2D eigenvalue weighted by Crippen LogP contribution is 2.20. The van der Waals surface area contributed by atoms with Crippen LogP contribution in [0.2, 0.25) is 0 Å². The molecule has 144 valence electrons. The maximum Gasteiger partial charge on any atom is 0.261 e. The minimum absolute atomic E-state index is 0.0918. The molecule has 1 aliphatic rings. The molecule has 4 nitrogen and oxygen atoms in total. The first-order valence-corrected chi connectivity index (χ1v) is 9.98. The first-order chi connectivity index (χ1) is 13.2. The fourth-order valence-electron chi connectivity index (χ4n) is 3.52. The van der Waals surface area contributed by atoms with Crippen LogP contribution in [0.1, 0.15) is 43.4 Å². The van der Waals surface area contributed by atoms with Crippen LogP contribution in [-0.2, 0) is 24.3 Å². The number of carbonyl (C=O) groups is 1. The lowest BCUT2D eigenvalue weighted by molar-refractivity contribution is -0.127. The summed E-state index contributed by atoms with van der Waals surface area (Å²) in [5.74, 6) is 0.695. The summed E-state index contributed by atoms with van der Waals surface area (Å²) >= 11 is 0. The van der Waals surface area contributed by atoms with Gasteiger partial charge in [0.2, 0.25) is 0 Å². The quantitative estimate of drug-likeness (QED) is 0.770. The smallest absolute Gasteiger partial charge is 0.261 e. The van der Waals surface area contributed by atoms with Crippen molar-refractivity contribution < 1.29 is 9.53 Å². The molecule has 0 bridgehead atoms. The largest absolute Gasteiger partial charge is 0.481 e. The van der Waals surface area contributed by atoms with E-state index in [-0.39, 0.29) is 5.91 Å². The van der Waals surface area contributed by atoms with Crippen LogP contribution in [0.25, 0.3) is 0 Å². The molecule has 1 atom stereocenters. The van der Waals surface area contributed by atoms with E-state index in [1.807, 2.05) is 24.3 Å². The van der Waals surface area contributed by atoms with Gasteiger partial charge in [-0.1, -0.05) is 49.4 Å². The fraction of sp³-hybridized carbons (Fsp3) is 0.435. The molecule has 4 heteroatoms. The molecule has 0 aliphatic carbocycles. The van der Waals surface area contributed by atoms with Gasteiger partial charge in [0.05, 0.1) is 0 Å². The van der Waals surface area contributed by atoms with E-state index in [1.54, 1.807) is 6.92 Å². The van der Waals surface area contributed by atoms with Crippen LogP contribution in [0.4, 0.5) is 0 Å². The molecule has 1 fully saturated rings. The number of rotatable bonds is 8. The zero-order valence-electron chi connectivity index (χ0n) is 16.4. The Bertz CT molecular complexity index is 754. The Kier molecular flexibility index (Phi) is 6.88. The summed E-state index contributed by atoms with van der Waals surface area (Å²) in [6.45, 7) is 7.78. The van der Waals surface area contributed by atoms with Crippen LogP contribution in [0, 0.1) is 0 Å². The highest BCUT2D eigenvalue weighted by Gasteiger charge is 2.16. The summed E-state index contributed by atoms with van der Waals surface area (Å²) in [5, 5.41) is 3.00. The van der Waals surface area contributed by atoms with Gasteiger partial charge in [0.15, 0.2) is 6.10 Å². The Morgan fingerprint density at radius 3 is 2.63 bits per heavy atom. The number of hydrogen-bond acceptors (Lipinski definition) is 3. The van der Waals surface area contributed by atoms with E-state index < -0.39 is 6.10 Å². The average molecular weight is 367 g/mol. The van der Waals surface area contributed by atoms with Gasteiger partial charge in [-0.2, -0.15) is 0 Å². The van der Waals surface area contributed by atoms with Crippen molar-refractivity contribution in [1.29, 1.82) is 0 Å². The van der Waals surface area contributed by atoms with E-state index in [2.05, 4.69) is 41.4 Å². The van der Waals surface area contributed by atoms with Gasteiger partial charge in [0.1, 0.15) is 5.75 Å². The molecular formula is C23H30N2O2. The lowest BCUT2D eigenvalue weighted by Gasteiger charge is -2.17. The summed E-state index contributed by atoms with van der Waals surface area (Å²) < 4.78 is 5.88. The van der Waals surface area contributed by atoms with Gasteiger partial charge < -0.3 is 10.1 Å². The van der Waals surface area contributed by atoms with E-state index in [4.69, 9.17) is 4.74 Å². The topological polar surface area (TPSA) is 41.6 Å². The number of nitrogens with zero attached hydrogens (tertiary/aromatic N) is 1. The van der Waals surface area contributed by atoms with E-state index in [0.717, 1.165) is 29.8 Å². The minimum Gasteiger partial charge on any atom is -0.481 e. The summed E-state index contributed by atoms with van der Waals surface area (Å²) in [5.41, 5.74) is 3.55. The molecule has 0 spiro atoms. The van der Waals surface area contributed by atoms with Crippen LogP contribution < -0.4 is 10.1 Å². The first kappa shape index (κ1) is 19.4. The van der Waals surface area contributed by atoms with Crippen LogP contribution in [-0.4, -0.2) is 30.0 Å². The summed E-state index contributed by atoms with van der Waals surface area (Å²) in [4.78, 5) is 14.9. The van der Waals surface area contributed by atoms with Crippen molar-refractivity contribution in [2.24, 2.45) is 0 Å². The second-order valence-corrected chi connectivity index (χ2v) is 7.24. The third kappa shape index (κ3) is 5.57. The summed E-state index contributed by atoms with van der Waals surface area (Å²) in [6, 6.07) is 16.4. The number of carbonyl (C=O) groups excluding carboxylic acids is 1. The maximum absolute atomic E-state index is 12.4. The standard InChI is InChI=1S/C23H30N2O2/c1-3-21-11-4-5-12-22(21)27-18(2)23(26)24-16-19-9-8-10-20(15-19)17-25-13-6-7-14-25/h4-5,8-12,15,18H,3,6-7,13-14,16-17H2,1-2H3,(H,24,26)/t18-/m0/s1. The predicted molar refractivity (Wildman–Crippen MR) is 109 cm³/mol. The van der Waals surface area contributed by atoms with Crippen molar-refractivity contribution in [3.63, 3.8) is 0 Å². The highest BCUT2D eigenvalue weighted by atomic mass is 16.5. The zero-order valence-corrected chi connectivity index (χ0v) is 16.4. The van der Waals surface area contributed by atoms with Crippen LogP contribution in [0.15, 0.2) is 48.5 Å². The molecule has 2 aromatic carbocycles. The van der Waals surface area contributed by atoms with Crippen molar-refractivity contribution >= 4 is 5.91 Å². The van der Waals surface area contributed by atoms with Gasteiger partial charge in [-0.25, -0.2) is 0 Å². The van der Waals surface area contributed by atoms with E-state index in [1.165, 1.54) is 31.5 Å². The molecule has 27 heavy (non-hydrogen) atoms. The molecular weight excluding hydrogens is 336 g/mol. The van der Waals surface area contributed by atoms with Crippen molar-refractivity contribution in [3.05, 3.63) is 65.2 Å². The summed E-state index contributed by atoms with van der Waals surface area (Å²) in [7, 11) is 0. The second kappa shape index (κ2) is 9.56. The Labute approximate surface area is 162 Å². The molecule has 3 rings (SSSR count). The van der Waals surface area contributed by atoms with E-state index in [0.29, 0.717) is 6.54 Å². The number of benzene rings is 2. The van der Waals surface area contributed by atoms with Gasteiger partial charge in [-0.05, 0) is 62.0 Å². The maximum atomic E-state index is 12.4. The van der Waals surface area contributed by atoms with Gasteiger partial charge in [0, 0.05) is 13.1 Å². The number of likely N-dealkylation sites (tertiary alicyclic amines) is 1. The number of amides is 1. The minimum atomic E-state index is -0.523. The molecule has 1 N–H and O–H groups in total. The van der Waals surface area contributed by atoms with Crippen molar-refractivity contribution in [2.45, 2.75) is 52.3 Å². The molecule has 0 saturated carbocycles. The van der Waals surface area contributed by atoms with Crippen LogP contribution >= 0.6 is 0 Å². The normalized spacial score (nSPS) is 15.5. The van der Waals surface area contributed by atoms with E-state index >= 15 is 0 Å². The third-order valence-corrected chi connectivity index (χ3v) is 5.09. The van der Waals surface area contributed by atoms with Crippen molar-refractivity contribution in [1.82, 2.24) is 10.2 Å². The third-order valence-electron chi connectivity index (χ3n) is 5.09. The molecule has 1 saturated heterocycles. The molecule has 0 aromatic heterocycles. The summed E-state index contributed by atoms with van der Waals surface area (Å²) in [6.07, 6.45) is 2.96. The second-order valence-electron chi connectivity index (χ2n) is 7.24. The number of ether oxygens (including phenoxy) is 1. The molecule has 1 amide bonds. The van der Waals surface area contributed by atoms with Crippen LogP contribution in [0.3, 0.4) is 0 Å². The fourth-order valence-corrected chi connectivity index (χ4v) is 3.52. The van der Waals surface area contributed by atoms with E-state index in [9.17, 15) is 4.79 Å². The Morgan fingerprint density at radius 1 is 1.11 bits per heavy atom. The van der Waals surface area contributed by atoms with Crippen LogP contribution in [0.5, 0.6) is 5.75 Å². The SMILES string of the molecule is CCc1ccccc1O[C@@H](C)C(=O)NCc1cccc(CN2CCCC2)c1. The monoisotopic (exact) mass is 366 g/mol. The van der Waals surface area contributed by atoms with Crippen molar-refractivity contribution in [3.8, 4) is 5.75 Å². The van der Waals surface area contributed by atoms with Crippen molar-refractivity contribution in [2.75, 3.05) is 13.1 Å².